The van der Waals surface area contributed by atoms with E-state index in [1.807, 2.05) is 37.4 Å². The van der Waals surface area contributed by atoms with Crippen molar-refractivity contribution in [3.8, 4) is 11.4 Å². The summed E-state index contributed by atoms with van der Waals surface area (Å²) in [4.78, 5) is 9.63. The molecular formula is C14H16FN3S. The molecule has 100 valence electrons. The second-order valence-corrected chi connectivity index (χ2v) is 4.93. The number of aryl methyl sites for hydroxylation is 1. The molecule has 0 saturated heterocycles. The normalized spacial score (nSPS) is 10.5. The van der Waals surface area contributed by atoms with E-state index < -0.39 is 0 Å². The molecule has 0 saturated carbocycles. The van der Waals surface area contributed by atoms with Gasteiger partial charge in [0.15, 0.2) is 17.5 Å². The minimum Gasteiger partial charge on any atom is -0.368 e. The molecule has 0 spiro atoms. The Bertz CT molecular complexity index is 570. The van der Waals surface area contributed by atoms with Crippen LogP contribution in [0.5, 0.6) is 0 Å². The maximum Gasteiger partial charge on any atom is 0.186 e. The molecule has 0 aliphatic rings. The summed E-state index contributed by atoms with van der Waals surface area (Å²) < 4.78 is 13.8. The first-order valence-electron chi connectivity index (χ1n) is 6.08. The summed E-state index contributed by atoms with van der Waals surface area (Å²) in [6.45, 7) is 4.18. The largest absolute Gasteiger partial charge is 0.368 e. The lowest BCUT2D eigenvalue weighted by molar-refractivity contribution is 0.606. The number of halogens is 1. The summed E-state index contributed by atoms with van der Waals surface area (Å²) in [6.07, 6.45) is 2.02. The molecule has 0 unspecified atom stereocenters. The van der Waals surface area contributed by atoms with E-state index in [-0.39, 0.29) is 11.6 Å². The number of rotatable bonds is 4. The third-order valence-corrected chi connectivity index (χ3v) is 3.45. The Morgan fingerprint density at radius 2 is 1.89 bits per heavy atom. The first-order chi connectivity index (χ1) is 9.15. The zero-order valence-electron chi connectivity index (χ0n) is 11.2. The van der Waals surface area contributed by atoms with E-state index in [1.165, 1.54) is 4.90 Å². The Labute approximate surface area is 116 Å². The first kappa shape index (κ1) is 13.8. The van der Waals surface area contributed by atoms with Crippen LogP contribution in [0.25, 0.3) is 11.4 Å². The van der Waals surface area contributed by atoms with Gasteiger partial charge in [0, 0.05) is 17.0 Å². The number of nitrogens with one attached hydrogen (secondary N) is 1. The summed E-state index contributed by atoms with van der Waals surface area (Å²) in [5.41, 5.74) is 1.25. The molecule has 0 atom stereocenters. The van der Waals surface area contributed by atoms with Crippen molar-refractivity contribution in [3.63, 3.8) is 0 Å². The lowest BCUT2D eigenvalue weighted by Crippen LogP contribution is -2.06. The third kappa shape index (κ3) is 3.04. The molecule has 0 radical (unpaired) electrons. The predicted octanol–water partition coefficient (Wildman–Crippen LogP) is 3.74. The number of thioether (sulfide) groups is 1. The molecule has 5 heteroatoms. The second-order valence-electron chi connectivity index (χ2n) is 4.05. The molecular weight excluding hydrogens is 261 g/mol. The first-order valence-corrected chi connectivity index (χ1v) is 7.30. The van der Waals surface area contributed by atoms with E-state index in [1.54, 1.807) is 18.7 Å². The molecule has 1 N–H and O–H groups in total. The number of hydrogen-bond donors (Lipinski definition) is 1. The van der Waals surface area contributed by atoms with Crippen LogP contribution in [0.15, 0.2) is 29.2 Å². The zero-order valence-corrected chi connectivity index (χ0v) is 12.0. The quantitative estimate of drug-likeness (QED) is 0.864. The number of hydrogen-bond acceptors (Lipinski definition) is 4. The summed E-state index contributed by atoms with van der Waals surface area (Å²) in [5.74, 6) is 0.424. The summed E-state index contributed by atoms with van der Waals surface area (Å²) in [6, 6.07) is 7.92. The van der Waals surface area contributed by atoms with Crippen LogP contribution in [-0.4, -0.2) is 22.8 Å². The van der Waals surface area contributed by atoms with Gasteiger partial charge in [0.25, 0.3) is 0 Å². The lowest BCUT2D eigenvalue weighted by Gasteiger charge is -2.09. The molecule has 2 aromatic rings. The van der Waals surface area contributed by atoms with Gasteiger partial charge in [-0.15, -0.1) is 11.8 Å². The summed E-state index contributed by atoms with van der Waals surface area (Å²) in [7, 11) is 0. The van der Waals surface area contributed by atoms with Gasteiger partial charge in [-0.05, 0) is 32.2 Å². The fourth-order valence-electron chi connectivity index (χ4n) is 1.71. The predicted molar refractivity (Wildman–Crippen MR) is 78.1 cm³/mol. The van der Waals surface area contributed by atoms with Crippen molar-refractivity contribution in [1.82, 2.24) is 9.97 Å². The molecule has 0 aliphatic carbocycles. The Kier molecular flexibility index (Phi) is 4.37. The van der Waals surface area contributed by atoms with Gasteiger partial charge < -0.3 is 5.32 Å². The van der Waals surface area contributed by atoms with E-state index >= 15 is 0 Å². The summed E-state index contributed by atoms with van der Waals surface area (Å²) >= 11 is 1.68. The van der Waals surface area contributed by atoms with Crippen LogP contribution >= 0.6 is 11.8 Å². The smallest absolute Gasteiger partial charge is 0.186 e. The maximum atomic E-state index is 13.8. The average molecular weight is 277 g/mol. The van der Waals surface area contributed by atoms with Gasteiger partial charge in [0.2, 0.25) is 0 Å². The Balaban J connectivity index is 2.43. The maximum absolute atomic E-state index is 13.8. The van der Waals surface area contributed by atoms with Crippen LogP contribution in [0.4, 0.5) is 10.2 Å². The van der Waals surface area contributed by atoms with Crippen molar-refractivity contribution >= 4 is 17.6 Å². The fraction of sp³-hybridized carbons (Fsp3) is 0.286. The molecule has 19 heavy (non-hydrogen) atoms. The van der Waals surface area contributed by atoms with E-state index in [4.69, 9.17) is 0 Å². The standard InChI is InChI=1S/C14H16FN3S/c1-4-16-14-12(15)9(2)17-13(18-14)10-5-7-11(19-3)8-6-10/h5-8H,4H2,1-3H3,(H,16,17,18). The highest BCUT2D eigenvalue weighted by Gasteiger charge is 2.11. The molecule has 2 rings (SSSR count). The van der Waals surface area contributed by atoms with Crippen LogP contribution in [-0.2, 0) is 0 Å². The van der Waals surface area contributed by atoms with Crippen LogP contribution in [0.3, 0.4) is 0 Å². The molecule has 1 aromatic carbocycles. The SMILES string of the molecule is CCNc1nc(-c2ccc(SC)cc2)nc(C)c1F. The minimum absolute atomic E-state index is 0.263. The zero-order chi connectivity index (χ0) is 13.8. The molecule has 0 bridgehead atoms. The highest BCUT2D eigenvalue weighted by Crippen LogP contribution is 2.23. The number of benzene rings is 1. The van der Waals surface area contributed by atoms with Gasteiger partial charge in [0.05, 0.1) is 5.69 Å². The molecule has 0 amide bonds. The van der Waals surface area contributed by atoms with E-state index in [9.17, 15) is 4.39 Å². The van der Waals surface area contributed by atoms with Gasteiger partial charge in [-0.1, -0.05) is 12.1 Å². The monoisotopic (exact) mass is 277 g/mol. The van der Waals surface area contributed by atoms with Gasteiger partial charge in [-0.25, -0.2) is 14.4 Å². The van der Waals surface area contributed by atoms with Gasteiger partial charge >= 0.3 is 0 Å². The van der Waals surface area contributed by atoms with Crippen LogP contribution in [0.1, 0.15) is 12.6 Å². The average Bonchev–Trinajstić information content (AvgIpc) is 2.44. The van der Waals surface area contributed by atoms with Crippen LogP contribution in [0, 0.1) is 12.7 Å². The number of anilines is 1. The highest BCUT2D eigenvalue weighted by molar-refractivity contribution is 7.98. The number of nitrogens with zero attached hydrogens (tertiary/aromatic N) is 2. The molecule has 0 fully saturated rings. The molecule has 1 aromatic heterocycles. The van der Waals surface area contributed by atoms with Crippen LogP contribution < -0.4 is 5.32 Å². The summed E-state index contributed by atoms with van der Waals surface area (Å²) in [5, 5.41) is 2.92. The lowest BCUT2D eigenvalue weighted by atomic mass is 10.2. The van der Waals surface area contributed by atoms with Crippen molar-refractivity contribution in [2.75, 3.05) is 18.1 Å². The highest BCUT2D eigenvalue weighted by atomic mass is 32.2. The topological polar surface area (TPSA) is 37.8 Å². The van der Waals surface area contributed by atoms with Gasteiger partial charge in [-0.3, -0.25) is 0 Å². The molecule has 1 heterocycles. The van der Waals surface area contributed by atoms with E-state index in [0.29, 0.717) is 18.1 Å². The molecule has 3 nitrogen and oxygen atoms in total. The van der Waals surface area contributed by atoms with E-state index in [0.717, 1.165) is 5.56 Å². The second kappa shape index (κ2) is 6.02. The van der Waals surface area contributed by atoms with Crippen molar-refractivity contribution in [2.45, 2.75) is 18.7 Å². The Morgan fingerprint density at radius 3 is 2.47 bits per heavy atom. The van der Waals surface area contributed by atoms with Crippen molar-refractivity contribution in [1.29, 1.82) is 0 Å². The van der Waals surface area contributed by atoms with Crippen molar-refractivity contribution < 1.29 is 4.39 Å². The van der Waals surface area contributed by atoms with Crippen molar-refractivity contribution in [2.24, 2.45) is 0 Å². The molecule has 0 aliphatic heterocycles. The minimum atomic E-state index is -0.383. The third-order valence-electron chi connectivity index (χ3n) is 2.71. The van der Waals surface area contributed by atoms with Crippen LogP contribution in [0.2, 0.25) is 0 Å². The van der Waals surface area contributed by atoms with Gasteiger partial charge in [-0.2, -0.15) is 0 Å². The number of aromatic nitrogens is 2. The Morgan fingerprint density at radius 1 is 1.21 bits per heavy atom. The fourth-order valence-corrected chi connectivity index (χ4v) is 2.12. The van der Waals surface area contributed by atoms with Crippen molar-refractivity contribution in [3.05, 3.63) is 35.8 Å². The van der Waals surface area contributed by atoms with Gasteiger partial charge in [0.1, 0.15) is 0 Å². The van der Waals surface area contributed by atoms with E-state index in [2.05, 4.69) is 15.3 Å². The Hall–Kier alpha value is -1.62.